The van der Waals surface area contributed by atoms with Crippen molar-refractivity contribution < 1.29 is 4.74 Å². The summed E-state index contributed by atoms with van der Waals surface area (Å²) in [6.45, 7) is 0.671. The number of anilines is 1. The van der Waals surface area contributed by atoms with E-state index in [1.807, 2.05) is 30.3 Å². The van der Waals surface area contributed by atoms with E-state index in [2.05, 4.69) is 11.4 Å². The van der Waals surface area contributed by atoms with E-state index < -0.39 is 0 Å². The first-order valence-electron chi connectivity index (χ1n) is 6.46. The molecule has 1 N–H and O–H groups in total. The van der Waals surface area contributed by atoms with Gasteiger partial charge in [0.25, 0.3) is 0 Å². The highest BCUT2D eigenvalue weighted by Gasteiger charge is 2.21. The molecule has 4 heteroatoms. The minimum Gasteiger partial charge on any atom is -0.493 e. The molecule has 0 saturated heterocycles. The molecule has 2 aromatic rings. The van der Waals surface area contributed by atoms with Gasteiger partial charge >= 0.3 is 0 Å². The second kappa shape index (κ2) is 5.44. The Balaban J connectivity index is 1.92. The Morgan fingerprint density at radius 3 is 2.95 bits per heavy atom. The first-order chi connectivity index (χ1) is 9.78. The zero-order valence-corrected chi connectivity index (χ0v) is 11.5. The van der Waals surface area contributed by atoms with Gasteiger partial charge < -0.3 is 10.1 Å². The maximum atomic E-state index is 9.19. The quantitative estimate of drug-likeness (QED) is 0.901. The highest BCUT2D eigenvalue weighted by molar-refractivity contribution is 6.30. The number of ether oxygens (including phenoxy) is 1. The fraction of sp³-hybridized carbons (Fsp3) is 0.188. The predicted octanol–water partition coefficient (Wildman–Crippen LogP) is 4.15. The Morgan fingerprint density at radius 1 is 1.25 bits per heavy atom. The van der Waals surface area contributed by atoms with Crippen molar-refractivity contribution in [3.8, 4) is 11.8 Å². The number of hydrogen-bond donors (Lipinski definition) is 1. The number of fused-ring (bicyclic) bond motifs is 1. The average molecular weight is 285 g/mol. The molecule has 3 rings (SSSR count). The zero-order chi connectivity index (χ0) is 13.9. The van der Waals surface area contributed by atoms with Gasteiger partial charge in [-0.2, -0.15) is 5.26 Å². The van der Waals surface area contributed by atoms with Gasteiger partial charge in [-0.05, 0) is 24.3 Å². The van der Waals surface area contributed by atoms with E-state index in [1.165, 1.54) is 0 Å². The number of nitriles is 1. The third kappa shape index (κ3) is 2.43. The molecule has 3 nitrogen and oxygen atoms in total. The lowest BCUT2D eigenvalue weighted by Crippen LogP contribution is -2.20. The standard InChI is InChI=1S/C16H13ClN2O/c17-12-5-6-14(11(9-12)10-18)19-15-7-8-20-16-4-2-1-3-13(15)16/h1-6,9,15,19H,7-8H2. The van der Waals surface area contributed by atoms with Crippen LogP contribution in [-0.4, -0.2) is 6.61 Å². The van der Waals surface area contributed by atoms with Crippen molar-refractivity contribution in [1.82, 2.24) is 0 Å². The Bertz CT molecular complexity index is 678. The molecule has 1 atom stereocenters. The minimum absolute atomic E-state index is 0.147. The van der Waals surface area contributed by atoms with Crippen molar-refractivity contribution in [3.63, 3.8) is 0 Å². The fourth-order valence-electron chi connectivity index (χ4n) is 2.41. The normalized spacial score (nSPS) is 16.7. The fourth-order valence-corrected chi connectivity index (χ4v) is 2.59. The van der Waals surface area contributed by atoms with Crippen LogP contribution in [0.3, 0.4) is 0 Å². The molecule has 1 unspecified atom stereocenters. The summed E-state index contributed by atoms with van der Waals surface area (Å²) < 4.78 is 5.64. The van der Waals surface area contributed by atoms with E-state index in [-0.39, 0.29) is 6.04 Å². The first kappa shape index (κ1) is 12.8. The molecule has 0 aromatic heterocycles. The summed E-state index contributed by atoms with van der Waals surface area (Å²) in [5.41, 5.74) is 2.48. The van der Waals surface area contributed by atoms with Crippen molar-refractivity contribution in [2.45, 2.75) is 12.5 Å². The van der Waals surface area contributed by atoms with Crippen LogP contribution in [0.15, 0.2) is 42.5 Å². The molecule has 0 radical (unpaired) electrons. The molecule has 1 aliphatic rings. The summed E-state index contributed by atoms with van der Waals surface area (Å²) in [6, 6.07) is 15.6. The molecule has 0 fully saturated rings. The Labute approximate surface area is 122 Å². The van der Waals surface area contributed by atoms with Gasteiger partial charge in [-0.3, -0.25) is 0 Å². The SMILES string of the molecule is N#Cc1cc(Cl)ccc1NC1CCOc2ccccc21. The van der Waals surface area contributed by atoms with Gasteiger partial charge in [-0.25, -0.2) is 0 Å². The van der Waals surface area contributed by atoms with Crippen LogP contribution >= 0.6 is 11.6 Å². The summed E-state index contributed by atoms with van der Waals surface area (Å²) in [7, 11) is 0. The van der Waals surface area contributed by atoms with Crippen LogP contribution < -0.4 is 10.1 Å². The maximum absolute atomic E-state index is 9.19. The Hall–Kier alpha value is -2.18. The number of para-hydroxylation sites is 1. The van der Waals surface area contributed by atoms with Crippen LogP contribution in [0, 0.1) is 11.3 Å². The van der Waals surface area contributed by atoms with Gasteiger partial charge in [-0.15, -0.1) is 0 Å². The molecule has 1 heterocycles. The highest BCUT2D eigenvalue weighted by atomic mass is 35.5. The first-order valence-corrected chi connectivity index (χ1v) is 6.83. The van der Waals surface area contributed by atoms with Gasteiger partial charge in [0.1, 0.15) is 11.8 Å². The summed E-state index contributed by atoms with van der Waals surface area (Å²) in [5.74, 6) is 0.906. The largest absolute Gasteiger partial charge is 0.493 e. The average Bonchev–Trinajstić information content (AvgIpc) is 2.49. The van der Waals surface area contributed by atoms with Crippen LogP contribution in [0.5, 0.6) is 5.75 Å². The molecule has 20 heavy (non-hydrogen) atoms. The van der Waals surface area contributed by atoms with Crippen LogP contribution in [0.4, 0.5) is 5.69 Å². The number of nitrogens with zero attached hydrogens (tertiary/aromatic N) is 1. The molecule has 100 valence electrons. The number of benzene rings is 2. The van der Waals surface area contributed by atoms with Gasteiger partial charge in [0.2, 0.25) is 0 Å². The van der Waals surface area contributed by atoms with E-state index in [4.69, 9.17) is 16.3 Å². The van der Waals surface area contributed by atoms with E-state index in [9.17, 15) is 5.26 Å². The molecule has 0 saturated carbocycles. The molecule has 0 bridgehead atoms. The van der Waals surface area contributed by atoms with Gasteiger partial charge in [0, 0.05) is 17.0 Å². The number of halogens is 1. The molecule has 1 aliphatic heterocycles. The molecule has 0 amide bonds. The minimum atomic E-state index is 0.147. The van der Waals surface area contributed by atoms with E-state index in [0.29, 0.717) is 17.2 Å². The van der Waals surface area contributed by atoms with Gasteiger partial charge in [0.05, 0.1) is 23.9 Å². The van der Waals surface area contributed by atoms with E-state index >= 15 is 0 Å². The lowest BCUT2D eigenvalue weighted by Gasteiger charge is -2.27. The van der Waals surface area contributed by atoms with Gasteiger partial charge in [-0.1, -0.05) is 29.8 Å². The van der Waals surface area contributed by atoms with Crippen LogP contribution in [0.1, 0.15) is 23.6 Å². The van der Waals surface area contributed by atoms with Crippen molar-refractivity contribution in [2.24, 2.45) is 0 Å². The summed E-state index contributed by atoms with van der Waals surface area (Å²) >= 11 is 5.92. The Kier molecular flexibility index (Phi) is 3.49. The molecular weight excluding hydrogens is 272 g/mol. The van der Waals surface area contributed by atoms with Crippen LogP contribution in [0.2, 0.25) is 5.02 Å². The topological polar surface area (TPSA) is 45.0 Å². The number of rotatable bonds is 2. The van der Waals surface area contributed by atoms with Crippen molar-refractivity contribution >= 4 is 17.3 Å². The zero-order valence-electron chi connectivity index (χ0n) is 10.8. The molecular formula is C16H13ClN2O. The number of nitrogens with one attached hydrogen (secondary N) is 1. The lowest BCUT2D eigenvalue weighted by atomic mass is 10.00. The van der Waals surface area contributed by atoms with Crippen molar-refractivity contribution in [2.75, 3.05) is 11.9 Å². The predicted molar refractivity (Wildman–Crippen MR) is 79.1 cm³/mol. The molecule has 2 aromatic carbocycles. The van der Waals surface area contributed by atoms with Crippen molar-refractivity contribution in [1.29, 1.82) is 5.26 Å². The highest BCUT2D eigenvalue weighted by Crippen LogP contribution is 2.35. The smallest absolute Gasteiger partial charge is 0.124 e. The van der Waals surface area contributed by atoms with Crippen molar-refractivity contribution in [3.05, 3.63) is 58.6 Å². The molecule has 0 aliphatic carbocycles. The monoisotopic (exact) mass is 284 g/mol. The van der Waals surface area contributed by atoms with Crippen LogP contribution in [0.25, 0.3) is 0 Å². The van der Waals surface area contributed by atoms with E-state index in [0.717, 1.165) is 23.4 Å². The third-order valence-electron chi connectivity index (χ3n) is 3.39. The van der Waals surface area contributed by atoms with E-state index in [1.54, 1.807) is 12.1 Å². The maximum Gasteiger partial charge on any atom is 0.124 e. The second-order valence-corrected chi connectivity index (χ2v) is 5.11. The number of hydrogen-bond acceptors (Lipinski definition) is 3. The molecule has 0 spiro atoms. The lowest BCUT2D eigenvalue weighted by molar-refractivity contribution is 0.274. The van der Waals surface area contributed by atoms with Crippen LogP contribution in [-0.2, 0) is 0 Å². The Morgan fingerprint density at radius 2 is 2.10 bits per heavy atom. The summed E-state index contributed by atoms with van der Waals surface area (Å²) in [4.78, 5) is 0. The van der Waals surface area contributed by atoms with Gasteiger partial charge in [0.15, 0.2) is 0 Å². The third-order valence-corrected chi connectivity index (χ3v) is 3.63. The second-order valence-electron chi connectivity index (χ2n) is 4.67. The summed E-state index contributed by atoms with van der Waals surface area (Å²) in [5, 5.41) is 13.2. The summed E-state index contributed by atoms with van der Waals surface area (Å²) in [6.07, 6.45) is 0.866.